The number of benzene rings is 1. The monoisotopic (exact) mass is 211 g/mol. The summed E-state index contributed by atoms with van der Waals surface area (Å²) in [6.45, 7) is 0. The maximum atomic E-state index is 10.4. The summed E-state index contributed by atoms with van der Waals surface area (Å²) in [5.41, 5.74) is -2.22. The van der Waals surface area contributed by atoms with Crippen LogP contribution in [0.2, 0.25) is 0 Å². The number of nitrogens with zero attached hydrogens (tertiary/aromatic N) is 4. The van der Waals surface area contributed by atoms with E-state index in [1.807, 2.05) is 0 Å². The van der Waals surface area contributed by atoms with Crippen LogP contribution < -0.4 is 0 Å². The molecule has 0 spiro atoms. The highest BCUT2D eigenvalue weighted by molar-refractivity contribution is 5.73. The van der Waals surface area contributed by atoms with Gasteiger partial charge in [0, 0.05) is 0 Å². The van der Waals surface area contributed by atoms with Gasteiger partial charge in [-0.25, -0.2) is 0 Å². The van der Waals surface area contributed by atoms with Crippen LogP contribution in [0.4, 0.5) is 17.1 Å². The van der Waals surface area contributed by atoms with Crippen LogP contribution in [0.5, 0.6) is 5.75 Å². The molecule has 0 saturated heterocycles. The van der Waals surface area contributed by atoms with Gasteiger partial charge in [0.05, 0.1) is 15.9 Å². The molecule has 0 atom stereocenters. The van der Waals surface area contributed by atoms with E-state index in [1.165, 1.54) is 0 Å². The van der Waals surface area contributed by atoms with Gasteiger partial charge < -0.3 is 5.11 Å². The van der Waals surface area contributed by atoms with Gasteiger partial charge in [0.2, 0.25) is 11.1 Å². The molecule has 0 bridgehead atoms. The van der Waals surface area contributed by atoms with Crippen LogP contribution in [0.3, 0.4) is 0 Å². The van der Waals surface area contributed by atoms with E-state index in [1.54, 1.807) is 0 Å². The summed E-state index contributed by atoms with van der Waals surface area (Å²) < 4.78 is 0. The SMILES string of the molecule is N#[N+]c1c(O)cc([N+](=O)[O-])cc1[N+](=O)[O-]. The van der Waals surface area contributed by atoms with Crippen LogP contribution in [0, 0.1) is 25.6 Å². The number of hydrogen-bond acceptors (Lipinski definition) is 6. The van der Waals surface area contributed by atoms with E-state index < -0.39 is 32.7 Å². The smallest absolute Gasteiger partial charge is 0.501 e. The number of nitro groups is 2. The predicted molar refractivity (Wildman–Crippen MR) is 46.2 cm³/mol. The first-order valence-electron chi connectivity index (χ1n) is 3.48. The van der Waals surface area contributed by atoms with Crippen molar-refractivity contribution in [3.8, 4) is 5.75 Å². The molecule has 0 radical (unpaired) electrons. The molecule has 0 amide bonds. The van der Waals surface area contributed by atoms with Crippen molar-refractivity contribution in [1.29, 1.82) is 5.39 Å². The molecule has 0 aliphatic carbocycles. The van der Waals surface area contributed by atoms with Gasteiger partial charge in [-0.3, -0.25) is 20.2 Å². The lowest BCUT2D eigenvalue weighted by Crippen LogP contribution is -1.92. The number of phenolic OH excluding ortho intramolecular Hbond substituents is 1. The first kappa shape index (κ1) is 10.3. The summed E-state index contributed by atoms with van der Waals surface area (Å²) in [5.74, 6) is -0.835. The Bertz CT molecular complexity index is 491. The molecular formula is C6H3N4O5+. The Morgan fingerprint density at radius 2 is 1.87 bits per heavy atom. The second kappa shape index (κ2) is 3.54. The summed E-state index contributed by atoms with van der Waals surface area (Å²) in [6, 6.07) is 1.25. The zero-order valence-corrected chi connectivity index (χ0v) is 7.02. The number of non-ortho nitro benzene ring substituents is 1. The Kier molecular flexibility index (Phi) is 2.44. The van der Waals surface area contributed by atoms with Gasteiger partial charge in [0.1, 0.15) is 6.07 Å². The topological polar surface area (TPSA) is 135 Å². The van der Waals surface area contributed by atoms with Gasteiger partial charge in [-0.1, -0.05) is 0 Å². The van der Waals surface area contributed by atoms with E-state index in [0.29, 0.717) is 12.1 Å². The molecule has 0 unspecified atom stereocenters. The van der Waals surface area contributed by atoms with Crippen molar-refractivity contribution in [2.75, 3.05) is 0 Å². The standard InChI is InChI=1S/C6H2N4O5/c7-8-6-4(10(14)15)1-3(9(12)13)2-5(6)11/h1-2H/p+1. The van der Waals surface area contributed by atoms with Crippen molar-refractivity contribution in [1.82, 2.24) is 0 Å². The second-order valence-corrected chi connectivity index (χ2v) is 2.45. The van der Waals surface area contributed by atoms with Crippen molar-refractivity contribution in [3.63, 3.8) is 0 Å². The quantitative estimate of drug-likeness (QED) is 0.449. The number of hydrogen-bond donors (Lipinski definition) is 1. The van der Waals surface area contributed by atoms with E-state index in [9.17, 15) is 20.2 Å². The molecule has 1 N–H and O–H groups in total. The number of diazo groups is 1. The van der Waals surface area contributed by atoms with Gasteiger partial charge >= 0.3 is 11.4 Å². The summed E-state index contributed by atoms with van der Waals surface area (Å²) in [6.07, 6.45) is 0. The molecular weight excluding hydrogens is 208 g/mol. The van der Waals surface area contributed by atoms with Crippen molar-refractivity contribution in [3.05, 3.63) is 37.3 Å². The Hall–Kier alpha value is -2.76. The van der Waals surface area contributed by atoms with Gasteiger partial charge in [0.15, 0.2) is 4.98 Å². The molecule has 1 aromatic rings. The Labute approximate surface area is 81.5 Å². The van der Waals surface area contributed by atoms with E-state index >= 15 is 0 Å². The number of nitro benzene ring substituents is 2. The lowest BCUT2D eigenvalue weighted by molar-refractivity contribution is -0.393. The molecule has 0 aromatic heterocycles. The molecule has 0 heterocycles. The third kappa shape index (κ3) is 1.78. The van der Waals surface area contributed by atoms with E-state index in [0.717, 1.165) is 0 Å². The minimum Gasteiger partial charge on any atom is -0.501 e. The molecule has 9 nitrogen and oxygen atoms in total. The van der Waals surface area contributed by atoms with Crippen LogP contribution >= 0.6 is 0 Å². The zero-order valence-electron chi connectivity index (χ0n) is 7.02. The highest BCUT2D eigenvalue weighted by Crippen LogP contribution is 2.39. The van der Waals surface area contributed by atoms with Gasteiger partial charge in [0.25, 0.3) is 5.69 Å². The third-order valence-corrected chi connectivity index (χ3v) is 1.56. The van der Waals surface area contributed by atoms with E-state index in [-0.39, 0.29) is 0 Å². The minimum atomic E-state index is -0.998. The van der Waals surface area contributed by atoms with Crippen molar-refractivity contribution in [2.24, 2.45) is 0 Å². The third-order valence-electron chi connectivity index (χ3n) is 1.56. The maximum Gasteiger partial charge on any atom is 0.502 e. The van der Waals surface area contributed by atoms with Crippen molar-refractivity contribution >= 4 is 17.1 Å². The molecule has 0 saturated carbocycles. The molecule has 0 aliphatic heterocycles. The fourth-order valence-electron chi connectivity index (χ4n) is 0.937. The summed E-state index contributed by atoms with van der Waals surface area (Å²) in [5, 5.41) is 38.2. The molecule has 15 heavy (non-hydrogen) atoms. The number of aromatic hydroxyl groups is 1. The van der Waals surface area contributed by atoms with Gasteiger partial charge in [-0.15, -0.1) is 0 Å². The molecule has 1 rings (SSSR count). The average molecular weight is 211 g/mol. The molecule has 76 valence electrons. The summed E-state index contributed by atoms with van der Waals surface area (Å²) in [4.78, 5) is 21.3. The van der Waals surface area contributed by atoms with Crippen molar-refractivity contribution in [2.45, 2.75) is 0 Å². The first-order chi connectivity index (χ1) is 6.97. The highest BCUT2D eigenvalue weighted by Gasteiger charge is 2.33. The Morgan fingerprint density at radius 3 is 2.27 bits per heavy atom. The van der Waals surface area contributed by atoms with E-state index in [2.05, 4.69) is 4.98 Å². The minimum absolute atomic E-state index is 0.592. The van der Waals surface area contributed by atoms with Crippen LogP contribution in [-0.4, -0.2) is 15.0 Å². The fraction of sp³-hybridized carbons (Fsp3) is 0. The predicted octanol–water partition coefficient (Wildman–Crippen LogP) is 1.69. The largest absolute Gasteiger partial charge is 0.502 e. The summed E-state index contributed by atoms with van der Waals surface area (Å²) >= 11 is 0. The average Bonchev–Trinajstić information content (AvgIpc) is 2.16. The lowest BCUT2D eigenvalue weighted by atomic mass is 10.2. The maximum absolute atomic E-state index is 10.4. The zero-order chi connectivity index (χ0) is 11.6. The normalized spacial score (nSPS) is 9.27. The van der Waals surface area contributed by atoms with Crippen LogP contribution in [0.15, 0.2) is 12.1 Å². The Morgan fingerprint density at radius 1 is 1.27 bits per heavy atom. The van der Waals surface area contributed by atoms with Crippen LogP contribution in [0.1, 0.15) is 0 Å². The fourth-order valence-corrected chi connectivity index (χ4v) is 0.937. The van der Waals surface area contributed by atoms with Gasteiger partial charge in [-0.05, 0) is 0 Å². The highest BCUT2D eigenvalue weighted by atomic mass is 16.6. The van der Waals surface area contributed by atoms with Crippen molar-refractivity contribution < 1.29 is 15.0 Å². The van der Waals surface area contributed by atoms with Gasteiger partial charge in [-0.2, -0.15) is 0 Å². The van der Waals surface area contributed by atoms with Crippen LogP contribution in [-0.2, 0) is 0 Å². The molecule has 1 aromatic carbocycles. The molecule has 0 fully saturated rings. The van der Waals surface area contributed by atoms with E-state index in [4.69, 9.17) is 10.5 Å². The molecule has 0 aliphatic rings. The Balaban J connectivity index is 3.54. The second-order valence-electron chi connectivity index (χ2n) is 2.45. The number of rotatable bonds is 2. The number of phenols is 1. The lowest BCUT2D eigenvalue weighted by Gasteiger charge is -1.92. The van der Waals surface area contributed by atoms with Crippen LogP contribution in [0.25, 0.3) is 4.98 Å². The first-order valence-corrected chi connectivity index (χ1v) is 3.48. The molecule has 9 heteroatoms. The summed E-state index contributed by atoms with van der Waals surface area (Å²) in [7, 11) is 0.